The minimum Gasteiger partial charge on any atom is -0.383 e. The lowest BCUT2D eigenvalue weighted by Gasteiger charge is -2.30. The number of nitrogens with zero attached hydrogens (tertiary/aromatic N) is 1. The molecule has 0 saturated carbocycles. The third-order valence-electron chi connectivity index (χ3n) is 2.90. The predicted molar refractivity (Wildman–Crippen MR) is 66.0 cm³/mol. The summed E-state index contributed by atoms with van der Waals surface area (Å²) in [4.78, 5) is 14.0. The Kier molecular flexibility index (Phi) is 6.47. The first-order chi connectivity index (χ1) is 8.15. The Hall–Kier alpha value is -0.650. The van der Waals surface area contributed by atoms with Crippen LogP contribution in [-0.2, 0) is 14.3 Å². The molecule has 1 saturated heterocycles. The Bertz CT molecular complexity index is 228. The standard InChI is InChI=1S/C12H24N2O3/c1-10(2)14(5-7-16-3)12(15)8-11-9-17-6-4-13-11/h10-11,13H,4-9H2,1-3H3. The summed E-state index contributed by atoms with van der Waals surface area (Å²) in [6, 6.07) is 0.363. The highest BCUT2D eigenvalue weighted by atomic mass is 16.5. The molecule has 17 heavy (non-hydrogen) atoms. The zero-order valence-corrected chi connectivity index (χ0v) is 11.1. The predicted octanol–water partition coefficient (Wildman–Crippen LogP) is 0.248. The molecule has 1 unspecified atom stereocenters. The second-order valence-electron chi connectivity index (χ2n) is 4.60. The SMILES string of the molecule is COCCN(C(=O)CC1COCCN1)C(C)C. The van der Waals surface area contributed by atoms with Gasteiger partial charge in [-0.05, 0) is 13.8 Å². The number of amides is 1. The van der Waals surface area contributed by atoms with Crippen LogP contribution in [0.2, 0.25) is 0 Å². The molecule has 0 spiro atoms. The molecule has 1 rings (SSSR count). The fourth-order valence-corrected chi connectivity index (χ4v) is 1.94. The molecule has 5 heteroatoms. The largest absolute Gasteiger partial charge is 0.383 e. The summed E-state index contributed by atoms with van der Waals surface area (Å²) in [5.74, 6) is 0.167. The van der Waals surface area contributed by atoms with Crippen LogP contribution in [0.5, 0.6) is 0 Å². The van der Waals surface area contributed by atoms with Gasteiger partial charge >= 0.3 is 0 Å². The molecular formula is C12H24N2O3. The maximum atomic E-state index is 12.1. The van der Waals surface area contributed by atoms with E-state index in [0.29, 0.717) is 26.2 Å². The van der Waals surface area contributed by atoms with E-state index in [1.165, 1.54) is 0 Å². The molecule has 0 aliphatic carbocycles. The summed E-state index contributed by atoms with van der Waals surface area (Å²) in [6.45, 7) is 7.48. The molecule has 1 amide bonds. The summed E-state index contributed by atoms with van der Waals surface area (Å²) >= 11 is 0. The maximum Gasteiger partial charge on any atom is 0.224 e. The van der Waals surface area contributed by atoms with Crippen LogP contribution in [0.3, 0.4) is 0 Å². The van der Waals surface area contributed by atoms with Gasteiger partial charge in [0.2, 0.25) is 5.91 Å². The molecule has 0 aromatic heterocycles. The maximum absolute atomic E-state index is 12.1. The Balaban J connectivity index is 2.40. The van der Waals surface area contributed by atoms with Gasteiger partial charge in [-0.15, -0.1) is 0 Å². The van der Waals surface area contributed by atoms with Crippen molar-refractivity contribution < 1.29 is 14.3 Å². The molecule has 1 heterocycles. The molecule has 0 aromatic rings. The molecule has 1 atom stereocenters. The van der Waals surface area contributed by atoms with Gasteiger partial charge in [0.25, 0.3) is 0 Å². The van der Waals surface area contributed by atoms with Gasteiger partial charge in [-0.3, -0.25) is 4.79 Å². The highest BCUT2D eigenvalue weighted by Gasteiger charge is 2.22. The van der Waals surface area contributed by atoms with E-state index in [4.69, 9.17) is 9.47 Å². The monoisotopic (exact) mass is 244 g/mol. The van der Waals surface area contributed by atoms with E-state index in [1.807, 2.05) is 18.7 Å². The van der Waals surface area contributed by atoms with E-state index in [9.17, 15) is 4.79 Å². The normalized spacial score (nSPS) is 20.6. The van der Waals surface area contributed by atoms with E-state index in [1.54, 1.807) is 7.11 Å². The van der Waals surface area contributed by atoms with Crippen LogP contribution in [0.15, 0.2) is 0 Å². The van der Waals surface area contributed by atoms with Crippen molar-refractivity contribution in [3.05, 3.63) is 0 Å². The van der Waals surface area contributed by atoms with Gasteiger partial charge in [0.05, 0.1) is 19.8 Å². The number of carbonyl (C=O) groups excluding carboxylic acids is 1. The lowest BCUT2D eigenvalue weighted by atomic mass is 10.1. The van der Waals surface area contributed by atoms with Crippen LogP contribution in [0.4, 0.5) is 0 Å². The smallest absolute Gasteiger partial charge is 0.224 e. The number of nitrogens with one attached hydrogen (secondary N) is 1. The van der Waals surface area contributed by atoms with Gasteiger partial charge in [0, 0.05) is 38.7 Å². The van der Waals surface area contributed by atoms with Crippen LogP contribution < -0.4 is 5.32 Å². The molecule has 1 N–H and O–H groups in total. The van der Waals surface area contributed by atoms with Gasteiger partial charge in [0.1, 0.15) is 0 Å². The average molecular weight is 244 g/mol. The van der Waals surface area contributed by atoms with Crippen molar-refractivity contribution in [3.8, 4) is 0 Å². The van der Waals surface area contributed by atoms with Gasteiger partial charge in [-0.25, -0.2) is 0 Å². The lowest BCUT2D eigenvalue weighted by molar-refractivity contribution is -0.134. The van der Waals surface area contributed by atoms with Crippen LogP contribution in [0.1, 0.15) is 20.3 Å². The van der Waals surface area contributed by atoms with Crippen LogP contribution in [0, 0.1) is 0 Å². The highest BCUT2D eigenvalue weighted by Crippen LogP contribution is 2.06. The lowest BCUT2D eigenvalue weighted by Crippen LogP contribution is -2.47. The van der Waals surface area contributed by atoms with Crippen molar-refractivity contribution >= 4 is 5.91 Å². The zero-order valence-electron chi connectivity index (χ0n) is 11.1. The summed E-state index contributed by atoms with van der Waals surface area (Å²) < 4.78 is 10.4. The number of rotatable bonds is 6. The molecule has 5 nitrogen and oxygen atoms in total. The fraction of sp³-hybridized carbons (Fsp3) is 0.917. The Morgan fingerprint density at radius 1 is 1.59 bits per heavy atom. The average Bonchev–Trinajstić information content (AvgIpc) is 2.30. The Morgan fingerprint density at radius 2 is 2.35 bits per heavy atom. The summed E-state index contributed by atoms with van der Waals surface area (Å²) in [5.41, 5.74) is 0. The Labute approximate surface area is 103 Å². The number of morpholine rings is 1. The molecule has 0 bridgehead atoms. The molecule has 1 aliphatic rings. The summed E-state index contributed by atoms with van der Waals surface area (Å²) in [5, 5.41) is 3.30. The first-order valence-corrected chi connectivity index (χ1v) is 6.24. The van der Waals surface area contributed by atoms with Crippen molar-refractivity contribution in [2.45, 2.75) is 32.4 Å². The second-order valence-corrected chi connectivity index (χ2v) is 4.60. The van der Waals surface area contributed by atoms with Crippen LogP contribution in [-0.4, -0.2) is 62.9 Å². The van der Waals surface area contributed by atoms with Crippen LogP contribution >= 0.6 is 0 Å². The van der Waals surface area contributed by atoms with Crippen molar-refractivity contribution in [1.82, 2.24) is 10.2 Å². The minimum atomic E-state index is 0.153. The molecule has 1 aliphatic heterocycles. The second kappa shape index (κ2) is 7.63. The highest BCUT2D eigenvalue weighted by molar-refractivity contribution is 5.77. The minimum absolute atomic E-state index is 0.153. The van der Waals surface area contributed by atoms with Gasteiger partial charge in [0.15, 0.2) is 0 Å². The fourth-order valence-electron chi connectivity index (χ4n) is 1.94. The number of methoxy groups -OCH3 is 1. The van der Waals surface area contributed by atoms with Gasteiger partial charge < -0.3 is 19.7 Å². The third kappa shape index (κ3) is 5.02. The van der Waals surface area contributed by atoms with Crippen LogP contribution in [0.25, 0.3) is 0 Å². The quantitative estimate of drug-likeness (QED) is 0.727. The Morgan fingerprint density at radius 3 is 2.88 bits per heavy atom. The van der Waals surface area contributed by atoms with E-state index >= 15 is 0 Å². The number of hydrogen-bond donors (Lipinski definition) is 1. The van der Waals surface area contributed by atoms with E-state index in [-0.39, 0.29) is 18.0 Å². The summed E-state index contributed by atoms with van der Waals surface area (Å²) in [6.07, 6.45) is 0.502. The van der Waals surface area contributed by atoms with Crippen molar-refractivity contribution in [2.75, 3.05) is 40.0 Å². The molecule has 100 valence electrons. The molecule has 1 fully saturated rings. The topological polar surface area (TPSA) is 50.8 Å². The van der Waals surface area contributed by atoms with Gasteiger partial charge in [-0.2, -0.15) is 0 Å². The van der Waals surface area contributed by atoms with E-state index < -0.39 is 0 Å². The first kappa shape index (κ1) is 14.4. The number of carbonyl (C=O) groups is 1. The molecular weight excluding hydrogens is 220 g/mol. The summed E-state index contributed by atoms with van der Waals surface area (Å²) in [7, 11) is 1.65. The van der Waals surface area contributed by atoms with Crippen molar-refractivity contribution in [1.29, 1.82) is 0 Å². The third-order valence-corrected chi connectivity index (χ3v) is 2.90. The van der Waals surface area contributed by atoms with Crippen molar-refractivity contribution in [3.63, 3.8) is 0 Å². The first-order valence-electron chi connectivity index (χ1n) is 6.24. The van der Waals surface area contributed by atoms with E-state index in [0.717, 1.165) is 13.2 Å². The van der Waals surface area contributed by atoms with Crippen molar-refractivity contribution in [2.24, 2.45) is 0 Å². The molecule has 0 aromatic carbocycles. The van der Waals surface area contributed by atoms with Gasteiger partial charge in [-0.1, -0.05) is 0 Å². The zero-order chi connectivity index (χ0) is 12.7. The number of hydrogen-bond acceptors (Lipinski definition) is 4. The number of ether oxygens (including phenoxy) is 2. The van der Waals surface area contributed by atoms with E-state index in [2.05, 4.69) is 5.32 Å². The molecule has 0 radical (unpaired) electrons.